The number of nitrogens with zero attached hydrogens (tertiary/aromatic N) is 2. The minimum Gasteiger partial charge on any atom is -0.368 e. The molecule has 1 fully saturated rings. The first-order valence-corrected chi connectivity index (χ1v) is 9.51. The van der Waals surface area contributed by atoms with Crippen molar-refractivity contribution < 1.29 is 0 Å². The van der Waals surface area contributed by atoms with Crippen molar-refractivity contribution in [2.24, 2.45) is 0 Å². The molecule has 3 N–H and O–H groups in total. The topological polar surface area (TPSA) is 63.8 Å². The van der Waals surface area contributed by atoms with Gasteiger partial charge in [-0.1, -0.05) is 20.3 Å². The maximum absolute atomic E-state index is 5.88. The van der Waals surface area contributed by atoms with Crippen LogP contribution < -0.4 is 11.1 Å². The smallest absolute Gasteiger partial charge is 0.223 e. The molecule has 1 saturated carbocycles. The maximum Gasteiger partial charge on any atom is 0.223 e. The molecule has 2 aromatic rings. The van der Waals surface area contributed by atoms with Crippen molar-refractivity contribution in [1.82, 2.24) is 9.97 Å². The molecular weight excluding hydrogens is 300 g/mol. The first-order chi connectivity index (χ1) is 10.2. The van der Waals surface area contributed by atoms with E-state index in [1.165, 1.54) is 29.9 Å². The second-order valence-corrected chi connectivity index (χ2v) is 8.02. The van der Waals surface area contributed by atoms with E-state index in [4.69, 9.17) is 5.73 Å². The fourth-order valence-corrected chi connectivity index (χ4v) is 5.12. The predicted octanol–water partition coefficient (Wildman–Crippen LogP) is 3.92. The van der Waals surface area contributed by atoms with E-state index in [1.54, 1.807) is 11.3 Å². The lowest BCUT2D eigenvalue weighted by Crippen LogP contribution is -2.27. The summed E-state index contributed by atoms with van der Waals surface area (Å²) in [5.74, 6) is 2.46. The summed E-state index contributed by atoms with van der Waals surface area (Å²) in [6.45, 7) is 4.40. The molecule has 4 nitrogen and oxygen atoms in total. The zero-order valence-corrected chi connectivity index (χ0v) is 14.2. The Kier molecular flexibility index (Phi) is 4.54. The van der Waals surface area contributed by atoms with Crippen LogP contribution in [0.3, 0.4) is 0 Å². The van der Waals surface area contributed by atoms with Crippen LogP contribution in [0.25, 0.3) is 10.2 Å². The van der Waals surface area contributed by atoms with Crippen molar-refractivity contribution in [1.29, 1.82) is 0 Å². The molecule has 0 aromatic carbocycles. The number of anilines is 2. The summed E-state index contributed by atoms with van der Waals surface area (Å²) < 4.78 is 0. The summed E-state index contributed by atoms with van der Waals surface area (Å²) in [6.07, 6.45) is 4.83. The average Bonchev–Trinajstić information content (AvgIpc) is 3.06. The Morgan fingerprint density at radius 1 is 1.38 bits per heavy atom. The quantitative estimate of drug-likeness (QED) is 0.873. The number of aromatic nitrogens is 2. The van der Waals surface area contributed by atoms with Crippen LogP contribution >= 0.6 is 23.1 Å². The van der Waals surface area contributed by atoms with Gasteiger partial charge >= 0.3 is 0 Å². The number of nitrogen functional groups attached to an aromatic ring is 1. The van der Waals surface area contributed by atoms with E-state index in [1.807, 2.05) is 0 Å². The minimum absolute atomic E-state index is 0.368. The zero-order valence-electron chi connectivity index (χ0n) is 12.6. The van der Waals surface area contributed by atoms with E-state index in [2.05, 4.69) is 47.0 Å². The first kappa shape index (κ1) is 14.9. The van der Waals surface area contributed by atoms with Crippen LogP contribution in [0, 0.1) is 0 Å². The molecule has 2 atom stereocenters. The lowest BCUT2D eigenvalue weighted by molar-refractivity contribution is 0.764. The molecule has 6 heteroatoms. The van der Waals surface area contributed by atoms with Crippen molar-refractivity contribution >= 4 is 45.1 Å². The highest BCUT2D eigenvalue weighted by atomic mass is 32.2. The van der Waals surface area contributed by atoms with Crippen LogP contribution in [0.15, 0.2) is 6.07 Å². The molecule has 0 amide bonds. The average molecular weight is 323 g/mol. The number of rotatable bonds is 5. The predicted molar refractivity (Wildman–Crippen MR) is 94.4 cm³/mol. The standard InChI is InChI=1S/C15H22N4S2/c1-3-9-8-10-13(18-15(16)19-14(10)21-9)17-11-6-5-7-12(11)20-4-2/h8,11-12H,3-7H2,1-2H3,(H3,16,17,18,19). The lowest BCUT2D eigenvalue weighted by atomic mass is 10.2. The molecule has 0 spiro atoms. The van der Waals surface area contributed by atoms with Gasteiger partial charge in [0.1, 0.15) is 10.6 Å². The van der Waals surface area contributed by atoms with Crippen molar-refractivity contribution in [3.8, 4) is 0 Å². The van der Waals surface area contributed by atoms with Crippen molar-refractivity contribution in [2.75, 3.05) is 16.8 Å². The van der Waals surface area contributed by atoms with Crippen LogP contribution in [0.1, 0.15) is 38.0 Å². The van der Waals surface area contributed by atoms with Crippen LogP contribution in [0.5, 0.6) is 0 Å². The molecule has 114 valence electrons. The van der Waals surface area contributed by atoms with Gasteiger partial charge in [0.25, 0.3) is 0 Å². The highest BCUT2D eigenvalue weighted by Crippen LogP contribution is 2.35. The molecular formula is C15H22N4S2. The summed E-state index contributed by atoms with van der Waals surface area (Å²) in [5, 5.41) is 5.46. The number of aryl methyl sites for hydroxylation is 1. The number of nitrogens with one attached hydrogen (secondary N) is 1. The van der Waals surface area contributed by atoms with Crippen molar-refractivity contribution in [2.45, 2.75) is 50.8 Å². The number of fused-ring (bicyclic) bond motifs is 1. The molecule has 0 saturated heterocycles. The Bertz CT molecular complexity index is 625. The van der Waals surface area contributed by atoms with Gasteiger partial charge in [0.2, 0.25) is 5.95 Å². The summed E-state index contributed by atoms with van der Waals surface area (Å²) in [7, 11) is 0. The Morgan fingerprint density at radius 3 is 3.00 bits per heavy atom. The van der Waals surface area contributed by atoms with E-state index in [-0.39, 0.29) is 0 Å². The molecule has 1 aliphatic rings. The van der Waals surface area contributed by atoms with Gasteiger partial charge in [-0.05, 0) is 31.1 Å². The van der Waals surface area contributed by atoms with Gasteiger partial charge in [-0.2, -0.15) is 16.7 Å². The summed E-state index contributed by atoms with van der Waals surface area (Å²) in [4.78, 5) is 11.2. The number of hydrogen-bond donors (Lipinski definition) is 2. The van der Waals surface area contributed by atoms with Gasteiger partial charge in [-0.3, -0.25) is 0 Å². The normalized spacial score (nSPS) is 22.0. The Hall–Kier alpha value is -1.01. The molecule has 2 aromatic heterocycles. The SMILES string of the molecule is CCSC1CCCC1Nc1nc(N)nc2sc(CC)cc12. The Labute approximate surface area is 133 Å². The molecule has 2 heterocycles. The van der Waals surface area contributed by atoms with Gasteiger partial charge in [0, 0.05) is 16.2 Å². The van der Waals surface area contributed by atoms with E-state index in [9.17, 15) is 0 Å². The van der Waals surface area contributed by atoms with E-state index in [0.29, 0.717) is 17.2 Å². The second-order valence-electron chi connectivity index (χ2n) is 5.39. The first-order valence-electron chi connectivity index (χ1n) is 7.65. The fourth-order valence-electron chi connectivity index (χ4n) is 2.95. The van der Waals surface area contributed by atoms with Gasteiger partial charge in [-0.15, -0.1) is 11.3 Å². The van der Waals surface area contributed by atoms with Crippen LogP contribution in [-0.4, -0.2) is 27.0 Å². The molecule has 0 bridgehead atoms. The van der Waals surface area contributed by atoms with Gasteiger partial charge in [0.05, 0.1) is 5.39 Å². The van der Waals surface area contributed by atoms with Crippen molar-refractivity contribution in [3.05, 3.63) is 10.9 Å². The van der Waals surface area contributed by atoms with E-state index < -0.39 is 0 Å². The molecule has 21 heavy (non-hydrogen) atoms. The third-order valence-corrected chi connectivity index (χ3v) is 6.46. The van der Waals surface area contributed by atoms with Gasteiger partial charge in [-0.25, -0.2) is 4.98 Å². The summed E-state index contributed by atoms with van der Waals surface area (Å²) in [5.41, 5.74) is 5.88. The van der Waals surface area contributed by atoms with E-state index >= 15 is 0 Å². The third-order valence-electron chi connectivity index (χ3n) is 3.96. The number of nitrogens with two attached hydrogens (primary N) is 1. The van der Waals surface area contributed by atoms with Crippen LogP contribution in [0.4, 0.5) is 11.8 Å². The Balaban J connectivity index is 1.90. The largest absolute Gasteiger partial charge is 0.368 e. The number of hydrogen-bond acceptors (Lipinski definition) is 6. The molecule has 1 aliphatic carbocycles. The Morgan fingerprint density at radius 2 is 2.24 bits per heavy atom. The summed E-state index contributed by atoms with van der Waals surface area (Å²) in [6, 6.07) is 2.70. The highest BCUT2D eigenvalue weighted by molar-refractivity contribution is 7.99. The monoisotopic (exact) mass is 322 g/mol. The minimum atomic E-state index is 0.368. The summed E-state index contributed by atoms with van der Waals surface area (Å²) >= 11 is 3.77. The van der Waals surface area contributed by atoms with Gasteiger partial charge < -0.3 is 11.1 Å². The maximum atomic E-state index is 5.88. The second kappa shape index (κ2) is 6.40. The van der Waals surface area contributed by atoms with Gasteiger partial charge in [0.15, 0.2) is 0 Å². The highest BCUT2D eigenvalue weighted by Gasteiger charge is 2.28. The number of thioether (sulfide) groups is 1. The van der Waals surface area contributed by atoms with Crippen LogP contribution in [0.2, 0.25) is 0 Å². The third kappa shape index (κ3) is 3.11. The van der Waals surface area contributed by atoms with E-state index in [0.717, 1.165) is 22.5 Å². The molecule has 0 radical (unpaired) electrons. The molecule has 3 rings (SSSR count). The van der Waals surface area contributed by atoms with Crippen LogP contribution in [-0.2, 0) is 6.42 Å². The van der Waals surface area contributed by atoms with Crippen molar-refractivity contribution in [3.63, 3.8) is 0 Å². The number of thiophene rings is 1. The fraction of sp³-hybridized carbons (Fsp3) is 0.600. The zero-order chi connectivity index (χ0) is 14.8. The lowest BCUT2D eigenvalue weighted by Gasteiger charge is -2.21. The molecule has 0 aliphatic heterocycles. The molecule has 2 unspecified atom stereocenters.